The number of nitriles is 1. The third-order valence-electron chi connectivity index (χ3n) is 4.23. The number of pyridine rings is 1. The Labute approximate surface area is 136 Å². The van der Waals surface area contributed by atoms with E-state index in [1.54, 1.807) is 18.3 Å². The minimum atomic E-state index is -0.491. The van der Waals surface area contributed by atoms with E-state index in [4.69, 9.17) is 4.74 Å². The van der Waals surface area contributed by atoms with Crippen molar-refractivity contribution in [1.82, 2.24) is 9.88 Å². The van der Waals surface area contributed by atoms with Gasteiger partial charge in [0.1, 0.15) is 11.7 Å². The van der Waals surface area contributed by atoms with Crippen LogP contribution in [0.2, 0.25) is 0 Å². The van der Waals surface area contributed by atoms with Crippen molar-refractivity contribution in [3.05, 3.63) is 35.7 Å². The molecule has 1 aromatic heterocycles. The Kier molecular flexibility index (Phi) is 3.85. The molecule has 0 saturated carbocycles. The van der Waals surface area contributed by atoms with Gasteiger partial charge in [0.05, 0.1) is 17.3 Å². The fraction of sp³-hybridized carbons (Fsp3) is 0.500. The molecule has 0 radical (unpaired) electrons. The first-order valence-corrected chi connectivity index (χ1v) is 7.96. The van der Waals surface area contributed by atoms with E-state index < -0.39 is 5.60 Å². The summed E-state index contributed by atoms with van der Waals surface area (Å²) in [6.07, 6.45) is 6.15. The van der Waals surface area contributed by atoms with Crippen molar-refractivity contribution in [2.75, 3.05) is 0 Å². The van der Waals surface area contributed by atoms with Gasteiger partial charge in [0, 0.05) is 12.2 Å². The molecule has 120 valence electrons. The van der Waals surface area contributed by atoms with Crippen LogP contribution in [0.4, 0.5) is 4.79 Å². The number of carbonyl (C=O) groups excluding carboxylic acids is 1. The van der Waals surface area contributed by atoms with Crippen molar-refractivity contribution in [1.29, 1.82) is 5.26 Å². The topological polar surface area (TPSA) is 66.2 Å². The highest BCUT2D eigenvalue weighted by atomic mass is 16.6. The number of rotatable bonds is 1. The first kappa shape index (κ1) is 15.5. The number of nitrogens with zero attached hydrogens (tertiary/aromatic N) is 3. The van der Waals surface area contributed by atoms with Gasteiger partial charge >= 0.3 is 6.09 Å². The molecule has 5 heteroatoms. The molecule has 0 aliphatic carbocycles. The number of amides is 1. The van der Waals surface area contributed by atoms with Gasteiger partial charge in [0.15, 0.2) is 0 Å². The molecule has 3 rings (SSSR count). The second-order valence-corrected chi connectivity index (χ2v) is 7.09. The van der Waals surface area contributed by atoms with Crippen molar-refractivity contribution >= 4 is 11.7 Å². The van der Waals surface area contributed by atoms with Crippen LogP contribution in [-0.4, -0.2) is 33.7 Å². The summed E-state index contributed by atoms with van der Waals surface area (Å²) in [4.78, 5) is 18.7. The fourth-order valence-corrected chi connectivity index (χ4v) is 3.36. The number of fused-ring (bicyclic) bond motifs is 2. The zero-order valence-electron chi connectivity index (χ0n) is 13.7. The number of ether oxygens (including phenoxy) is 1. The van der Waals surface area contributed by atoms with Crippen molar-refractivity contribution in [2.24, 2.45) is 0 Å². The van der Waals surface area contributed by atoms with E-state index in [0.29, 0.717) is 5.56 Å². The van der Waals surface area contributed by atoms with Gasteiger partial charge in [-0.3, -0.25) is 9.88 Å². The number of hydrogen-bond donors (Lipinski definition) is 0. The second-order valence-electron chi connectivity index (χ2n) is 7.09. The van der Waals surface area contributed by atoms with Crippen LogP contribution in [0.25, 0.3) is 5.57 Å². The Balaban J connectivity index is 1.87. The van der Waals surface area contributed by atoms with Gasteiger partial charge in [0.2, 0.25) is 0 Å². The minimum absolute atomic E-state index is 0.0344. The fourth-order valence-electron chi connectivity index (χ4n) is 3.36. The van der Waals surface area contributed by atoms with E-state index in [2.05, 4.69) is 17.1 Å². The molecule has 2 bridgehead atoms. The maximum absolute atomic E-state index is 12.4. The van der Waals surface area contributed by atoms with Gasteiger partial charge in [0.25, 0.3) is 0 Å². The van der Waals surface area contributed by atoms with Crippen LogP contribution in [0.5, 0.6) is 0 Å². The number of aromatic nitrogens is 1. The Morgan fingerprint density at radius 1 is 1.43 bits per heavy atom. The maximum Gasteiger partial charge on any atom is 0.411 e. The van der Waals surface area contributed by atoms with Crippen LogP contribution in [0.1, 0.15) is 51.3 Å². The highest BCUT2D eigenvalue weighted by Crippen LogP contribution is 2.39. The van der Waals surface area contributed by atoms with Gasteiger partial charge in [-0.25, -0.2) is 4.79 Å². The largest absolute Gasteiger partial charge is 0.444 e. The third kappa shape index (κ3) is 3.07. The van der Waals surface area contributed by atoms with Crippen LogP contribution in [0.15, 0.2) is 24.4 Å². The maximum atomic E-state index is 12.4. The summed E-state index contributed by atoms with van der Waals surface area (Å²) in [5.41, 5.74) is 1.91. The van der Waals surface area contributed by atoms with Gasteiger partial charge in [-0.15, -0.1) is 0 Å². The monoisotopic (exact) mass is 311 g/mol. The molecule has 1 saturated heterocycles. The van der Waals surface area contributed by atoms with E-state index in [1.165, 1.54) is 0 Å². The van der Waals surface area contributed by atoms with E-state index >= 15 is 0 Å². The van der Waals surface area contributed by atoms with Gasteiger partial charge in [-0.1, -0.05) is 6.08 Å². The molecule has 0 aromatic carbocycles. The molecule has 0 N–H and O–H groups in total. The average molecular weight is 311 g/mol. The van der Waals surface area contributed by atoms with Gasteiger partial charge < -0.3 is 4.74 Å². The average Bonchev–Trinajstić information content (AvgIpc) is 2.76. The summed E-state index contributed by atoms with van der Waals surface area (Å²) in [5, 5.41) is 9.26. The molecule has 2 atom stereocenters. The standard InChI is InChI=1S/C18H21N3O2/c1-18(2,3)23-17(22)21-14-6-7-15(21)10-13(9-14)16-12(11-19)5-4-8-20-16/h4-5,8-9,14-15H,6-7,10H2,1-3H3. The lowest BCUT2D eigenvalue weighted by Crippen LogP contribution is -2.45. The Morgan fingerprint density at radius 2 is 2.22 bits per heavy atom. The lowest BCUT2D eigenvalue weighted by atomic mass is 9.96. The Morgan fingerprint density at radius 3 is 2.87 bits per heavy atom. The number of carbonyl (C=O) groups is 1. The molecule has 3 heterocycles. The summed E-state index contributed by atoms with van der Waals surface area (Å²) in [6, 6.07) is 5.92. The third-order valence-corrected chi connectivity index (χ3v) is 4.23. The summed E-state index contributed by atoms with van der Waals surface area (Å²) in [6.45, 7) is 5.64. The SMILES string of the molecule is CC(C)(C)OC(=O)N1C2C=C(c3ncccc3C#N)CC1CC2. The van der Waals surface area contributed by atoms with E-state index in [-0.39, 0.29) is 18.2 Å². The van der Waals surface area contributed by atoms with Crippen LogP contribution >= 0.6 is 0 Å². The highest BCUT2D eigenvalue weighted by molar-refractivity contribution is 5.75. The normalized spacial score (nSPS) is 23.2. The molecule has 2 aliphatic rings. The smallest absolute Gasteiger partial charge is 0.411 e. The van der Waals surface area contributed by atoms with E-state index in [0.717, 1.165) is 30.5 Å². The van der Waals surface area contributed by atoms with E-state index in [1.807, 2.05) is 25.7 Å². The minimum Gasteiger partial charge on any atom is -0.444 e. The van der Waals surface area contributed by atoms with Crippen molar-refractivity contribution < 1.29 is 9.53 Å². The molecule has 1 aromatic rings. The predicted molar refractivity (Wildman–Crippen MR) is 86.4 cm³/mol. The van der Waals surface area contributed by atoms with Crippen LogP contribution in [-0.2, 0) is 4.74 Å². The Bertz CT molecular complexity index is 697. The van der Waals surface area contributed by atoms with Crippen LogP contribution in [0, 0.1) is 11.3 Å². The lowest BCUT2D eigenvalue weighted by Gasteiger charge is -2.35. The molecule has 23 heavy (non-hydrogen) atoms. The molecular formula is C18H21N3O2. The van der Waals surface area contributed by atoms with Crippen LogP contribution in [0.3, 0.4) is 0 Å². The lowest BCUT2D eigenvalue weighted by molar-refractivity contribution is 0.0175. The van der Waals surface area contributed by atoms with E-state index in [9.17, 15) is 10.1 Å². The van der Waals surface area contributed by atoms with Gasteiger partial charge in [-0.2, -0.15) is 5.26 Å². The van der Waals surface area contributed by atoms with Gasteiger partial charge in [-0.05, 0) is 57.7 Å². The summed E-state index contributed by atoms with van der Waals surface area (Å²) >= 11 is 0. The zero-order valence-corrected chi connectivity index (χ0v) is 13.7. The Hall–Kier alpha value is -2.35. The molecule has 1 amide bonds. The van der Waals surface area contributed by atoms with Crippen molar-refractivity contribution in [3.63, 3.8) is 0 Å². The highest BCUT2D eigenvalue weighted by Gasteiger charge is 2.42. The van der Waals surface area contributed by atoms with Crippen molar-refractivity contribution in [3.8, 4) is 6.07 Å². The molecule has 2 unspecified atom stereocenters. The predicted octanol–water partition coefficient (Wildman–Crippen LogP) is 3.51. The number of hydrogen-bond acceptors (Lipinski definition) is 4. The molecule has 0 spiro atoms. The summed E-state index contributed by atoms with van der Waals surface area (Å²) in [7, 11) is 0. The first-order chi connectivity index (χ1) is 10.9. The van der Waals surface area contributed by atoms with Crippen LogP contribution < -0.4 is 0 Å². The molecular weight excluding hydrogens is 290 g/mol. The summed E-state index contributed by atoms with van der Waals surface area (Å²) < 4.78 is 5.53. The zero-order chi connectivity index (χ0) is 16.6. The first-order valence-electron chi connectivity index (χ1n) is 7.96. The molecule has 2 aliphatic heterocycles. The van der Waals surface area contributed by atoms with Crippen molar-refractivity contribution in [2.45, 2.75) is 57.7 Å². The summed E-state index contributed by atoms with van der Waals surface area (Å²) in [5.74, 6) is 0. The molecule has 5 nitrogen and oxygen atoms in total. The molecule has 1 fully saturated rings. The quantitative estimate of drug-likeness (QED) is 0.796. The second kappa shape index (κ2) is 5.69.